The Bertz CT molecular complexity index is 392. The number of aromatic hydroxyl groups is 1. The highest BCUT2D eigenvalue weighted by molar-refractivity contribution is 5.58. The van der Waals surface area contributed by atoms with E-state index in [4.69, 9.17) is 4.74 Å². The number of hydrogen-bond donors (Lipinski definition) is 1. The van der Waals surface area contributed by atoms with E-state index in [0.717, 1.165) is 24.0 Å². The number of methoxy groups -OCH3 is 1. The minimum absolute atomic E-state index is 0.279. The summed E-state index contributed by atoms with van der Waals surface area (Å²) in [6, 6.07) is 3.88. The van der Waals surface area contributed by atoms with Gasteiger partial charge in [0.25, 0.3) is 0 Å². The van der Waals surface area contributed by atoms with Crippen LogP contribution in [0.3, 0.4) is 0 Å². The molecule has 1 N–H and O–H groups in total. The summed E-state index contributed by atoms with van der Waals surface area (Å²) in [5, 5.41) is 10.0. The number of ether oxygens (including phenoxy) is 1. The van der Waals surface area contributed by atoms with E-state index in [1.54, 1.807) is 7.11 Å². The molecule has 0 aromatic heterocycles. The summed E-state index contributed by atoms with van der Waals surface area (Å²) < 4.78 is 5.20. The first kappa shape index (κ1) is 13.6. The predicted molar refractivity (Wildman–Crippen MR) is 72.5 cm³/mol. The van der Waals surface area contributed by atoms with Gasteiger partial charge in [-0.2, -0.15) is 0 Å². The molecule has 0 saturated heterocycles. The van der Waals surface area contributed by atoms with Crippen molar-refractivity contribution >= 4 is 6.08 Å². The first-order chi connectivity index (χ1) is 8.08. The van der Waals surface area contributed by atoms with Gasteiger partial charge in [-0.15, -0.1) is 0 Å². The van der Waals surface area contributed by atoms with Crippen LogP contribution in [0, 0.1) is 5.92 Å². The highest BCUT2D eigenvalue weighted by Crippen LogP contribution is 2.33. The van der Waals surface area contributed by atoms with Crippen LogP contribution in [0.1, 0.15) is 38.3 Å². The van der Waals surface area contributed by atoms with Gasteiger partial charge in [-0.3, -0.25) is 0 Å². The monoisotopic (exact) mass is 234 g/mol. The van der Waals surface area contributed by atoms with Crippen molar-refractivity contribution in [2.45, 2.75) is 33.6 Å². The Kier molecular flexibility index (Phi) is 5.08. The maximum atomic E-state index is 10.0. The van der Waals surface area contributed by atoms with Crippen molar-refractivity contribution in [3.05, 3.63) is 29.3 Å². The summed E-state index contributed by atoms with van der Waals surface area (Å²) in [5.74, 6) is 1.46. The van der Waals surface area contributed by atoms with E-state index in [1.165, 1.54) is 0 Å². The molecule has 0 fully saturated rings. The zero-order valence-electron chi connectivity index (χ0n) is 11.2. The van der Waals surface area contributed by atoms with Crippen LogP contribution in [0.2, 0.25) is 0 Å². The molecule has 0 amide bonds. The Hall–Kier alpha value is -1.44. The average molecular weight is 234 g/mol. The molecular weight excluding hydrogens is 212 g/mol. The molecule has 2 heteroatoms. The minimum atomic E-state index is 0.279. The van der Waals surface area contributed by atoms with E-state index in [1.807, 2.05) is 31.2 Å². The minimum Gasteiger partial charge on any atom is -0.504 e. The number of allylic oxidation sites excluding steroid dienone is 1. The Balaban J connectivity index is 3.04. The SMILES string of the molecule is CC=Cc1cc(CCC(C)C)c(O)c(OC)c1. The summed E-state index contributed by atoms with van der Waals surface area (Å²) in [7, 11) is 1.58. The number of benzene rings is 1. The van der Waals surface area contributed by atoms with Crippen molar-refractivity contribution in [2.24, 2.45) is 5.92 Å². The lowest BCUT2D eigenvalue weighted by molar-refractivity contribution is 0.369. The average Bonchev–Trinajstić information content (AvgIpc) is 2.29. The maximum absolute atomic E-state index is 10.0. The fourth-order valence-electron chi connectivity index (χ4n) is 1.77. The van der Waals surface area contributed by atoms with Crippen molar-refractivity contribution in [3.8, 4) is 11.5 Å². The van der Waals surface area contributed by atoms with Gasteiger partial charge < -0.3 is 9.84 Å². The molecule has 0 bridgehead atoms. The molecule has 1 aromatic carbocycles. The lowest BCUT2D eigenvalue weighted by Crippen LogP contribution is -1.95. The lowest BCUT2D eigenvalue weighted by Gasteiger charge is -2.11. The van der Waals surface area contributed by atoms with E-state index in [0.29, 0.717) is 11.7 Å². The summed E-state index contributed by atoms with van der Waals surface area (Å²) >= 11 is 0. The smallest absolute Gasteiger partial charge is 0.161 e. The van der Waals surface area contributed by atoms with Crippen molar-refractivity contribution in [1.29, 1.82) is 0 Å². The summed E-state index contributed by atoms with van der Waals surface area (Å²) in [6.07, 6.45) is 5.94. The van der Waals surface area contributed by atoms with Crippen LogP contribution in [-0.2, 0) is 6.42 Å². The van der Waals surface area contributed by atoms with E-state index in [9.17, 15) is 5.11 Å². The van der Waals surface area contributed by atoms with E-state index in [2.05, 4.69) is 13.8 Å². The van der Waals surface area contributed by atoms with Gasteiger partial charge in [0.2, 0.25) is 0 Å². The van der Waals surface area contributed by atoms with Crippen molar-refractivity contribution in [1.82, 2.24) is 0 Å². The number of phenolic OH excluding ortho intramolecular Hbond substituents is 1. The van der Waals surface area contributed by atoms with E-state index < -0.39 is 0 Å². The molecular formula is C15H22O2. The molecule has 0 aliphatic rings. The third kappa shape index (κ3) is 3.81. The first-order valence-electron chi connectivity index (χ1n) is 6.11. The summed E-state index contributed by atoms with van der Waals surface area (Å²) in [6.45, 7) is 6.35. The molecule has 94 valence electrons. The van der Waals surface area contributed by atoms with Crippen LogP contribution >= 0.6 is 0 Å². The van der Waals surface area contributed by atoms with E-state index >= 15 is 0 Å². The van der Waals surface area contributed by atoms with Gasteiger partial charge in [-0.05, 0) is 48.9 Å². The van der Waals surface area contributed by atoms with Crippen LogP contribution in [0.25, 0.3) is 6.08 Å². The normalized spacial score (nSPS) is 11.4. The quantitative estimate of drug-likeness (QED) is 0.833. The van der Waals surface area contributed by atoms with E-state index in [-0.39, 0.29) is 5.75 Å². The van der Waals surface area contributed by atoms with Gasteiger partial charge in [0.1, 0.15) is 0 Å². The standard InChI is InChI=1S/C15H22O2/c1-5-6-12-9-13(8-7-11(2)3)15(16)14(10-12)17-4/h5-6,9-11,16H,7-8H2,1-4H3. The zero-order valence-corrected chi connectivity index (χ0v) is 11.2. The summed E-state index contributed by atoms with van der Waals surface area (Å²) in [5.41, 5.74) is 2.03. The molecule has 1 rings (SSSR count). The molecule has 17 heavy (non-hydrogen) atoms. The second kappa shape index (κ2) is 6.33. The third-order valence-electron chi connectivity index (χ3n) is 2.75. The molecule has 0 spiro atoms. The Labute approximate surface area is 104 Å². The predicted octanol–water partition coefficient (Wildman–Crippen LogP) is 4.02. The van der Waals surface area contributed by atoms with Crippen molar-refractivity contribution in [2.75, 3.05) is 7.11 Å². The molecule has 0 unspecified atom stereocenters. The van der Waals surface area contributed by atoms with Crippen LogP contribution < -0.4 is 4.74 Å². The number of hydrogen-bond acceptors (Lipinski definition) is 2. The summed E-state index contributed by atoms with van der Waals surface area (Å²) in [4.78, 5) is 0. The first-order valence-corrected chi connectivity index (χ1v) is 6.11. The topological polar surface area (TPSA) is 29.5 Å². The molecule has 1 aromatic rings. The number of phenols is 1. The van der Waals surface area contributed by atoms with Gasteiger partial charge >= 0.3 is 0 Å². The zero-order chi connectivity index (χ0) is 12.8. The largest absolute Gasteiger partial charge is 0.504 e. The molecule has 0 atom stereocenters. The number of rotatable bonds is 5. The van der Waals surface area contributed by atoms with Crippen LogP contribution in [-0.4, -0.2) is 12.2 Å². The highest BCUT2D eigenvalue weighted by atomic mass is 16.5. The Morgan fingerprint density at radius 3 is 2.59 bits per heavy atom. The van der Waals surface area contributed by atoms with Crippen molar-refractivity contribution < 1.29 is 9.84 Å². The second-order valence-electron chi connectivity index (χ2n) is 4.66. The molecule has 0 radical (unpaired) electrons. The maximum Gasteiger partial charge on any atom is 0.161 e. The van der Waals surface area contributed by atoms with Crippen LogP contribution in [0.5, 0.6) is 11.5 Å². The lowest BCUT2D eigenvalue weighted by atomic mass is 9.99. The molecule has 2 nitrogen and oxygen atoms in total. The molecule has 0 aliphatic carbocycles. The third-order valence-corrected chi connectivity index (χ3v) is 2.75. The highest BCUT2D eigenvalue weighted by Gasteiger charge is 2.10. The number of aryl methyl sites for hydroxylation is 1. The fraction of sp³-hybridized carbons (Fsp3) is 0.467. The van der Waals surface area contributed by atoms with Gasteiger partial charge in [0.05, 0.1) is 7.11 Å². The molecule has 0 heterocycles. The van der Waals surface area contributed by atoms with Gasteiger partial charge in [0, 0.05) is 0 Å². The second-order valence-corrected chi connectivity index (χ2v) is 4.66. The van der Waals surface area contributed by atoms with Crippen LogP contribution in [0.15, 0.2) is 18.2 Å². The fourth-order valence-corrected chi connectivity index (χ4v) is 1.77. The molecule has 0 aliphatic heterocycles. The van der Waals surface area contributed by atoms with Gasteiger partial charge in [-0.1, -0.05) is 26.0 Å². The van der Waals surface area contributed by atoms with Crippen molar-refractivity contribution in [3.63, 3.8) is 0 Å². The Morgan fingerprint density at radius 1 is 1.35 bits per heavy atom. The van der Waals surface area contributed by atoms with Gasteiger partial charge in [0.15, 0.2) is 11.5 Å². The van der Waals surface area contributed by atoms with Crippen LogP contribution in [0.4, 0.5) is 0 Å². The van der Waals surface area contributed by atoms with Gasteiger partial charge in [-0.25, -0.2) is 0 Å². The molecule has 0 saturated carbocycles. The Morgan fingerprint density at radius 2 is 2.06 bits per heavy atom.